The highest BCUT2D eigenvalue weighted by atomic mass is 15.8. The van der Waals surface area contributed by atoms with E-state index in [0.717, 1.165) is 18.8 Å². The standard InChI is InChI=1S/C13H17N3/c1-3-9-15-10-4-11-16(14-15)13-7-5-12(2)6-8-13/h3-8,11,14H,1,9-10H2,2H3. The molecule has 1 aliphatic heterocycles. The molecule has 0 bridgehead atoms. The fraction of sp³-hybridized carbons (Fsp3) is 0.231. The maximum Gasteiger partial charge on any atom is 0.0584 e. The molecule has 3 heteroatoms. The fourth-order valence-electron chi connectivity index (χ4n) is 1.63. The van der Waals surface area contributed by atoms with Crippen molar-refractivity contribution in [2.45, 2.75) is 6.92 Å². The number of hydrogen-bond acceptors (Lipinski definition) is 3. The molecule has 2 rings (SSSR count). The van der Waals surface area contributed by atoms with Gasteiger partial charge in [0.15, 0.2) is 0 Å². The first-order valence-electron chi connectivity index (χ1n) is 5.44. The van der Waals surface area contributed by atoms with E-state index < -0.39 is 0 Å². The highest BCUT2D eigenvalue weighted by Crippen LogP contribution is 2.15. The van der Waals surface area contributed by atoms with Gasteiger partial charge in [-0.15, -0.1) is 6.58 Å². The fourth-order valence-corrected chi connectivity index (χ4v) is 1.63. The first-order chi connectivity index (χ1) is 7.79. The molecule has 0 unspecified atom stereocenters. The molecule has 1 aliphatic rings. The summed E-state index contributed by atoms with van der Waals surface area (Å²) in [5.74, 6) is 0. The van der Waals surface area contributed by atoms with Crippen LogP contribution in [-0.4, -0.2) is 18.1 Å². The van der Waals surface area contributed by atoms with E-state index >= 15 is 0 Å². The minimum atomic E-state index is 0.826. The summed E-state index contributed by atoms with van der Waals surface area (Å²) < 4.78 is 0. The van der Waals surface area contributed by atoms with Gasteiger partial charge in [-0.25, -0.2) is 5.01 Å². The van der Waals surface area contributed by atoms with Crippen molar-refractivity contribution in [3.63, 3.8) is 0 Å². The van der Waals surface area contributed by atoms with Gasteiger partial charge < -0.3 is 0 Å². The molecule has 16 heavy (non-hydrogen) atoms. The van der Waals surface area contributed by atoms with Gasteiger partial charge in [0.05, 0.1) is 5.69 Å². The number of rotatable bonds is 3. The number of anilines is 1. The van der Waals surface area contributed by atoms with Crippen LogP contribution in [0.15, 0.2) is 49.2 Å². The van der Waals surface area contributed by atoms with Gasteiger partial charge in [0.1, 0.15) is 0 Å². The molecule has 1 aromatic carbocycles. The number of nitrogens with zero attached hydrogens (tertiary/aromatic N) is 2. The van der Waals surface area contributed by atoms with E-state index in [1.54, 1.807) is 0 Å². The monoisotopic (exact) mass is 215 g/mol. The molecule has 0 atom stereocenters. The predicted octanol–water partition coefficient (Wildman–Crippen LogP) is 2.24. The Balaban J connectivity index is 2.09. The van der Waals surface area contributed by atoms with E-state index in [0.29, 0.717) is 0 Å². The van der Waals surface area contributed by atoms with Crippen LogP contribution in [0.3, 0.4) is 0 Å². The van der Waals surface area contributed by atoms with Crippen LogP contribution in [0, 0.1) is 6.92 Å². The van der Waals surface area contributed by atoms with E-state index in [4.69, 9.17) is 0 Å². The van der Waals surface area contributed by atoms with E-state index in [1.165, 1.54) is 5.56 Å². The average molecular weight is 215 g/mol. The lowest BCUT2D eigenvalue weighted by atomic mass is 10.2. The molecule has 0 aromatic heterocycles. The van der Waals surface area contributed by atoms with Crippen molar-refractivity contribution in [1.29, 1.82) is 0 Å². The Morgan fingerprint density at radius 2 is 2.12 bits per heavy atom. The quantitative estimate of drug-likeness (QED) is 0.780. The topological polar surface area (TPSA) is 18.5 Å². The van der Waals surface area contributed by atoms with Crippen LogP contribution >= 0.6 is 0 Å². The molecule has 1 aromatic rings. The largest absolute Gasteiger partial charge is 0.271 e. The predicted molar refractivity (Wildman–Crippen MR) is 67.7 cm³/mol. The molecule has 1 heterocycles. The molecule has 0 fully saturated rings. The van der Waals surface area contributed by atoms with Gasteiger partial charge in [-0.3, -0.25) is 5.01 Å². The second-order valence-electron chi connectivity index (χ2n) is 3.88. The average Bonchev–Trinajstić information content (AvgIpc) is 2.31. The van der Waals surface area contributed by atoms with Gasteiger partial charge in [-0.1, -0.05) is 29.8 Å². The Kier molecular flexibility index (Phi) is 3.39. The molecule has 1 N–H and O–H groups in total. The highest BCUT2D eigenvalue weighted by molar-refractivity contribution is 5.49. The second-order valence-corrected chi connectivity index (χ2v) is 3.88. The third-order valence-electron chi connectivity index (χ3n) is 2.49. The minimum Gasteiger partial charge on any atom is -0.271 e. The molecule has 0 saturated heterocycles. The Hall–Kier alpha value is -1.58. The first kappa shape index (κ1) is 10.9. The van der Waals surface area contributed by atoms with Gasteiger partial charge in [-0.2, -0.15) is 5.53 Å². The Bertz CT molecular complexity index is 381. The van der Waals surface area contributed by atoms with Crippen molar-refractivity contribution in [3.05, 3.63) is 54.8 Å². The number of hydrogen-bond donors (Lipinski definition) is 1. The summed E-state index contributed by atoms with van der Waals surface area (Å²) in [7, 11) is 0. The van der Waals surface area contributed by atoms with Crippen molar-refractivity contribution in [1.82, 2.24) is 10.5 Å². The van der Waals surface area contributed by atoms with E-state index in [9.17, 15) is 0 Å². The number of benzene rings is 1. The number of aryl methyl sites for hydroxylation is 1. The minimum absolute atomic E-state index is 0.826. The molecule has 0 spiro atoms. The van der Waals surface area contributed by atoms with Crippen LogP contribution in [-0.2, 0) is 0 Å². The summed E-state index contributed by atoms with van der Waals surface area (Å²) in [4.78, 5) is 0. The molecular formula is C13H17N3. The number of nitrogens with one attached hydrogen (secondary N) is 1. The lowest BCUT2D eigenvalue weighted by molar-refractivity contribution is 0.223. The van der Waals surface area contributed by atoms with E-state index in [2.05, 4.69) is 54.4 Å². The Morgan fingerprint density at radius 1 is 1.38 bits per heavy atom. The van der Waals surface area contributed by atoms with Crippen LogP contribution in [0.5, 0.6) is 0 Å². The maximum absolute atomic E-state index is 3.74. The zero-order valence-electron chi connectivity index (χ0n) is 9.56. The van der Waals surface area contributed by atoms with Crippen molar-refractivity contribution < 1.29 is 0 Å². The first-order valence-corrected chi connectivity index (χ1v) is 5.44. The summed E-state index contributed by atoms with van der Waals surface area (Å²) >= 11 is 0. The van der Waals surface area contributed by atoms with Crippen LogP contribution in [0.4, 0.5) is 5.69 Å². The van der Waals surface area contributed by atoms with Crippen LogP contribution in [0.2, 0.25) is 0 Å². The molecule has 0 radical (unpaired) electrons. The van der Waals surface area contributed by atoms with E-state index in [1.807, 2.05) is 17.3 Å². The lowest BCUT2D eigenvalue weighted by Gasteiger charge is -2.32. The zero-order chi connectivity index (χ0) is 11.4. The number of hydrazine groups is 2. The van der Waals surface area contributed by atoms with Gasteiger partial charge in [0.2, 0.25) is 0 Å². The van der Waals surface area contributed by atoms with Crippen molar-refractivity contribution in [2.24, 2.45) is 0 Å². The molecule has 0 aliphatic carbocycles. The van der Waals surface area contributed by atoms with Crippen LogP contribution in [0.1, 0.15) is 5.56 Å². The van der Waals surface area contributed by atoms with Gasteiger partial charge in [0, 0.05) is 19.3 Å². The SMILES string of the molecule is C=CCN1CC=CN(c2ccc(C)cc2)N1. The van der Waals surface area contributed by atoms with Gasteiger partial charge in [-0.05, 0) is 19.1 Å². The lowest BCUT2D eigenvalue weighted by Crippen LogP contribution is -2.50. The third-order valence-corrected chi connectivity index (χ3v) is 2.49. The van der Waals surface area contributed by atoms with Crippen LogP contribution < -0.4 is 10.5 Å². The molecule has 0 amide bonds. The summed E-state index contributed by atoms with van der Waals surface area (Å²) in [5.41, 5.74) is 5.70. The maximum atomic E-state index is 3.74. The summed E-state index contributed by atoms with van der Waals surface area (Å²) in [6.45, 7) is 7.55. The van der Waals surface area contributed by atoms with Gasteiger partial charge in [0.25, 0.3) is 0 Å². The Labute approximate surface area is 96.6 Å². The molecule has 3 nitrogen and oxygen atoms in total. The molecular weight excluding hydrogens is 198 g/mol. The third kappa shape index (κ3) is 2.51. The molecule has 84 valence electrons. The van der Waals surface area contributed by atoms with Crippen molar-refractivity contribution in [2.75, 3.05) is 18.1 Å². The Morgan fingerprint density at radius 3 is 2.81 bits per heavy atom. The zero-order valence-corrected chi connectivity index (χ0v) is 9.56. The van der Waals surface area contributed by atoms with Crippen molar-refractivity contribution >= 4 is 5.69 Å². The van der Waals surface area contributed by atoms with Gasteiger partial charge >= 0.3 is 0 Å². The smallest absolute Gasteiger partial charge is 0.0584 e. The highest BCUT2D eigenvalue weighted by Gasteiger charge is 2.10. The summed E-state index contributed by atoms with van der Waals surface area (Å²) in [6.07, 6.45) is 6.06. The van der Waals surface area contributed by atoms with Crippen LogP contribution in [0.25, 0.3) is 0 Å². The second kappa shape index (κ2) is 4.96. The molecule has 0 saturated carbocycles. The summed E-state index contributed by atoms with van der Waals surface area (Å²) in [5, 5.41) is 4.10. The van der Waals surface area contributed by atoms with E-state index in [-0.39, 0.29) is 0 Å². The normalized spacial score (nSPS) is 16.4. The summed E-state index contributed by atoms with van der Waals surface area (Å²) in [6, 6.07) is 8.42. The van der Waals surface area contributed by atoms with Crippen molar-refractivity contribution in [3.8, 4) is 0 Å².